The van der Waals surface area contributed by atoms with Crippen molar-refractivity contribution in [3.8, 4) is 23.3 Å². The monoisotopic (exact) mass is 404 g/mol. The van der Waals surface area contributed by atoms with E-state index in [2.05, 4.69) is 10.5 Å². The van der Waals surface area contributed by atoms with Gasteiger partial charge in [-0.3, -0.25) is 4.79 Å². The molecule has 0 bridgehead atoms. The third-order valence-corrected chi connectivity index (χ3v) is 4.80. The fourth-order valence-electron chi connectivity index (χ4n) is 3.33. The molecule has 4 rings (SSSR count). The summed E-state index contributed by atoms with van der Waals surface area (Å²) in [6.07, 6.45) is 1.51. The smallest absolute Gasteiger partial charge is 0.274 e. The lowest BCUT2D eigenvalue weighted by Gasteiger charge is -2.10. The van der Waals surface area contributed by atoms with Crippen molar-refractivity contribution in [3.63, 3.8) is 0 Å². The summed E-state index contributed by atoms with van der Waals surface area (Å²) in [5, 5.41) is 12.7. The predicted molar refractivity (Wildman–Crippen MR) is 108 cm³/mol. The van der Waals surface area contributed by atoms with E-state index in [1.54, 1.807) is 0 Å². The molecule has 150 valence electrons. The number of benzene rings is 2. The third kappa shape index (κ3) is 3.49. The highest BCUT2D eigenvalue weighted by molar-refractivity contribution is 5.95. The largest absolute Gasteiger partial charge is 0.454 e. The Bertz CT molecular complexity index is 1220. The maximum absolute atomic E-state index is 14.0. The van der Waals surface area contributed by atoms with Gasteiger partial charge in [0.15, 0.2) is 11.5 Å². The molecule has 2 aromatic carbocycles. The van der Waals surface area contributed by atoms with Crippen molar-refractivity contribution in [1.29, 1.82) is 5.26 Å². The van der Waals surface area contributed by atoms with Crippen molar-refractivity contribution in [3.05, 3.63) is 76.4 Å². The Kier molecular flexibility index (Phi) is 4.94. The molecule has 0 fully saturated rings. The molecule has 7 nitrogen and oxygen atoms in total. The van der Waals surface area contributed by atoms with Gasteiger partial charge in [0.25, 0.3) is 5.91 Å². The molecule has 0 saturated heterocycles. The van der Waals surface area contributed by atoms with E-state index >= 15 is 0 Å². The average molecular weight is 404 g/mol. The molecule has 8 heteroatoms. The number of fused-ring (bicyclic) bond motifs is 1. The lowest BCUT2D eigenvalue weighted by atomic mass is 10.1. The quantitative estimate of drug-likeness (QED) is 0.532. The first-order valence-corrected chi connectivity index (χ1v) is 9.10. The van der Waals surface area contributed by atoms with Gasteiger partial charge in [0.1, 0.15) is 5.82 Å². The van der Waals surface area contributed by atoms with Gasteiger partial charge in [0.2, 0.25) is 6.79 Å². The molecule has 2 heterocycles. The van der Waals surface area contributed by atoms with Crippen molar-refractivity contribution in [2.24, 2.45) is 5.10 Å². The molecular weight excluding hydrogens is 387 g/mol. The van der Waals surface area contributed by atoms with Crippen LogP contribution in [-0.4, -0.2) is 23.5 Å². The first-order valence-electron chi connectivity index (χ1n) is 9.10. The topological polar surface area (TPSA) is 88.6 Å². The van der Waals surface area contributed by atoms with Gasteiger partial charge in [-0.15, -0.1) is 0 Å². The summed E-state index contributed by atoms with van der Waals surface area (Å²) in [5.74, 6) is -0.0757. The highest BCUT2D eigenvalue weighted by atomic mass is 19.1. The Morgan fingerprint density at radius 1 is 1.20 bits per heavy atom. The summed E-state index contributed by atoms with van der Waals surface area (Å²) in [4.78, 5) is 12.2. The number of nitriles is 1. The highest BCUT2D eigenvalue weighted by Crippen LogP contribution is 2.34. The summed E-state index contributed by atoms with van der Waals surface area (Å²) in [6, 6.07) is 13.1. The number of nitrogens with zero attached hydrogens (tertiary/aromatic N) is 3. The van der Waals surface area contributed by atoms with Crippen molar-refractivity contribution >= 4 is 12.1 Å². The van der Waals surface area contributed by atoms with Gasteiger partial charge in [-0.1, -0.05) is 0 Å². The van der Waals surface area contributed by atoms with Crippen LogP contribution in [0.2, 0.25) is 0 Å². The van der Waals surface area contributed by atoms with Crippen LogP contribution in [0.25, 0.3) is 5.69 Å². The number of amides is 1. The normalized spacial score (nSPS) is 12.2. The summed E-state index contributed by atoms with van der Waals surface area (Å²) in [6.45, 7) is 4.10. The van der Waals surface area contributed by atoms with E-state index in [1.807, 2.05) is 48.7 Å². The standard InChI is InChI=1S/C22H17FN4O3/c1-13-7-16(11-25-26-22(28)18-5-3-15(10-24)8-19(18)23)14(2)27(13)17-4-6-20-21(9-17)30-12-29-20/h3-9,11H,12H2,1-2H3,(H,26,28). The number of nitrogens with one attached hydrogen (secondary N) is 1. The zero-order valence-electron chi connectivity index (χ0n) is 16.3. The van der Waals surface area contributed by atoms with Crippen LogP contribution in [0.1, 0.15) is 32.9 Å². The van der Waals surface area contributed by atoms with Crippen LogP contribution in [0, 0.1) is 31.0 Å². The van der Waals surface area contributed by atoms with Gasteiger partial charge in [-0.05, 0) is 50.2 Å². The van der Waals surface area contributed by atoms with Crippen molar-refractivity contribution < 1.29 is 18.7 Å². The second kappa shape index (κ2) is 7.72. The Morgan fingerprint density at radius 2 is 2.00 bits per heavy atom. The molecule has 0 spiro atoms. The molecule has 30 heavy (non-hydrogen) atoms. The van der Waals surface area contributed by atoms with Gasteiger partial charge in [0.05, 0.1) is 23.4 Å². The van der Waals surface area contributed by atoms with Gasteiger partial charge in [0, 0.05) is 28.7 Å². The number of ether oxygens (including phenoxy) is 2. The van der Waals surface area contributed by atoms with Gasteiger partial charge in [-0.2, -0.15) is 10.4 Å². The number of halogens is 1. The van der Waals surface area contributed by atoms with Crippen LogP contribution in [0.15, 0.2) is 47.6 Å². The molecule has 0 aliphatic carbocycles. The van der Waals surface area contributed by atoms with Gasteiger partial charge >= 0.3 is 0 Å². The molecule has 0 atom stereocenters. The van der Waals surface area contributed by atoms with Gasteiger partial charge < -0.3 is 14.0 Å². The zero-order chi connectivity index (χ0) is 21.3. The SMILES string of the molecule is Cc1cc(C=NNC(=O)c2ccc(C#N)cc2F)c(C)n1-c1ccc2c(c1)OCO2. The van der Waals surface area contributed by atoms with Crippen LogP contribution in [0.5, 0.6) is 11.5 Å². The summed E-state index contributed by atoms with van der Waals surface area (Å²) < 4.78 is 26.8. The Balaban J connectivity index is 1.53. The third-order valence-electron chi connectivity index (χ3n) is 4.80. The van der Waals surface area contributed by atoms with E-state index in [0.29, 0.717) is 11.5 Å². The van der Waals surface area contributed by atoms with E-state index in [-0.39, 0.29) is 17.9 Å². The predicted octanol–water partition coefficient (Wildman–Crippen LogP) is 3.60. The fourth-order valence-corrected chi connectivity index (χ4v) is 3.33. The van der Waals surface area contributed by atoms with Crippen molar-refractivity contribution in [2.45, 2.75) is 13.8 Å². The molecule has 1 aliphatic rings. The molecule has 1 aliphatic heterocycles. The molecule has 1 N–H and O–H groups in total. The number of aromatic nitrogens is 1. The fraction of sp³-hybridized carbons (Fsp3) is 0.136. The molecule has 0 unspecified atom stereocenters. The molecule has 1 aromatic heterocycles. The number of carbonyl (C=O) groups excluding carboxylic acids is 1. The number of aryl methyl sites for hydroxylation is 1. The van der Waals surface area contributed by atoms with Crippen LogP contribution < -0.4 is 14.9 Å². The van der Waals surface area contributed by atoms with Crippen LogP contribution >= 0.6 is 0 Å². The number of carbonyl (C=O) groups is 1. The average Bonchev–Trinajstić information content (AvgIpc) is 3.31. The Hall–Kier alpha value is -4.12. The molecule has 0 radical (unpaired) electrons. The number of hydrazone groups is 1. The molecule has 3 aromatic rings. The Labute approximate surface area is 172 Å². The molecule has 0 saturated carbocycles. The number of hydrogen-bond acceptors (Lipinski definition) is 5. The number of hydrogen-bond donors (Lipinski definition) is 1. The Morgan fingerprint density at radius 3 is 2.77 bits per heavy atom. The zero-order valence-corrected chi connectivity index (χ0v) is 16.3. The minimum atomic E-state index is -0.775. The summed E-state index contributed by atoms with van der Waals surface area (Å²) in [7, 11) is 0. The van der Waals surface area contributed by atoms with E-state index in [4.69, 9.17) is 14.7 Å². The van der Waals surface area contributed by atoms with E-state index in [9.17, 15) is 9.18 Å². The van der Waals surface area contributed by atoms with Gasteiger partial charge in [-0.25, -0.2) is 9.82 Å². The molecular formula is C22H17FN4O3. The number of rotatable bonds is 4. The first kappa shape index (κ1) is 19.2. The maximum atomic E-state index is 14.0. The van der Waals surface area contributed by atoms with Crippen LogP contribution in [-0.2, 0) is 0 Å². The summed E-state index contributed by atoms with van der Waals surface area (Å²) >= 11 is 0. The minimum absolute atomic E-state index is 0.142. The van der Waals surface area contributed by atoms with Crippen LogP contribution in [0.3, 0.4) is 0 Å². The summed E-state index contributed by atoms with van der Waals surface area (Å²) in [5.41, 5.74) is 5.87. The lowest BCUT2D eigenvalue weighted by Crippen LogP contribution is -2.19. The second-order valence-electron chi connectivity index (χ2n) is 6.71. The highest BCUT2D eigenvalue weighted by Gasteiger charge is 2.16. The van der Waals surface area contributed by atoms with E-state index < -0.39 is 11.7 Å². The second-order valence-corrected chi connectivity index (χ2v) is 6.71. The van der Waals surface area contributed by atoms with E-state index in [1.165, 1.54) is 18.3 Å². The minimum Gasteiger partial charge on any atom is -0.454 e. The lowest BCUT2D eigenvalue weighted by molar-refractivity contribution is 0.0951. The first-order chi connectivity index (χ1) is 14.5. The van der Waals surface area contributed by atoms with Crippen molar-refractivity contribution in [2.75, 3.05) is 6.79 Å². The maximum Gasteiger partial charge on any atom is 0.274 e. The molecule has 1 amide bonds. The van der Waals surface area contributed by atoms with Crippen LogP contribution in [0.4, 0.5) is 4.39 Å². The van der Waals surface area contributed by atoms with E-state index in [0.717, 1.165) is 28.7 Å². The van der Waals surface area contributed by atoms with Crippen molar-refractivity contribution in [1.82, 2.24) is 9.99 Å².